The summed E-state index contributed by atoms with van der Waals surface area (Å²) in [5, 5.41) is 6.58. The molecule has 0 unspecified atom stereocenters. The molecule has 0 aromatic heterocycles. The molecule has 3 rings (SSSR count). The van der Waals surface area contributed by atoms with Crippen molar-refractivity contribution >= 4 is 11.6 Å². The van der Waals surface area contributed by atoms with Gasteiger partial charge in [-0.3, -0.25) is 4.79 Å². The van der Waals surface area contributed by atoms with Crippen LogP contribution in [0.15, 0.2) is 30.3 Å². The van der Waals surface area contributed by atoms with Crippen LogP contribution in [0.5, 0.6) is 0 Å². The first kappa shape index (κ1) is 17.4. The summed E-state index contributed by atoms with van der Waals surface area (Å²) in [6, 6.07) is 9.85. The Labute approximate surface area is 145 Å². The van der Waals surface area contributed by atoms with Crippen molar-refractivity contribution in [3.8, 4) is 0 Å². The summed E-state index contributed by atoms with van der Waals surface area (Å²) < 4.78 is 6.00. The van der Waals surface area contributed by atoms with Crippen LogP contribution in [0.25, 0.3) is 0 Å². The molecule has 0 saturated heterocycles. The Morgan fingerprint density at radius 3 is 2.62 bits per heavy atom. The van der Waals surface area contributed by atoms with E-state index in [0.29, 0.717) is 12.1 Å². The highest BCUT2D eigenvalue weighted by Crippen LogP contribution is 2.53. The van der Waals surface area contributed by atoms with Crippen molar-refractivity contribution in [2.24, 2.45) is 5.41 Å². The Balaban J connectivity index is 1.59. The highest BCUT2D eigenvalue weighted by molar-refractivity contribution is 5.94. The van der Waals surface area contributed by atoms with Crippen LogP contribution in [0.3, 0.4) is 0 Å². The minimum atomic E-state index is -0.198. The van der Waals surface area contributed by atoms with Crippen molar-refractivity contribution in [3.05, 3.63) is 30.3 Å². The molecule has 2 aliphatic carbocycles. The van der Waals surface area contributed by atoms with Crippen LogP contribution >= 0.6 is 0 Å². The van der Waals surface area contributed by atoms with Crippen molar-refractivity contribution in [1.29, 1.82) is 0 Å². The zero-order valence-electron chi connectivity index (χ0n) is 14.9. The van der Waals surface area contributed by atoms with E-state index in [-0.39, 0.29) is 17.4 Å². The van der Waals surface area contributed by atoms with Gasteiger partial charge in [0.2, 0.25) is 5.91 Å². The van der Waals surface area contributed by atoms with Gasteiger partial charge in [0.25, 0.3) is 0 Å². The maximum Gasteiger partial charge on any atom is 0.241 e. The van der Waals surface area contributed by atoms with Gasteiger partial charge in [-0.15, -0.1) is 0 Å². The summed E-state index contributed by atoms with van der Waals surface area (Å²) in [6.45, 7) is 4.82. The van der Waals surface area contributed by atoms with Crippen LogP contribution in [0.4, 0.5) is 5.69 Å². The van der Waals surface area contributed by atoms with E-state index in [2.05, 4.69) is 17.6 Å². The van der Waals surface area contributed by atoms with Crippen LogP contribution in [-0.4, -0.2) is 30.7 Å². The number of hydrogen-bond acceptors (Lipinski definition) is 3. The smallest absolute Gasteiger partial charge is 0.241 e. The molecule has 0 heterocycles. The van der Waals surface area contributed by atoms with Gasteiger partial charge in [-0.2, -0.15) is 0 Å². The average molecular weight is 330 g/mol. The normalized spacial score (nSPS) is 26.6. The number of para-hydroxylation sites is 1. The molecule has 1 spiro atoms. The molecular weight excluding hydrogens is 300 g/mol. The van der Waals surface area contributed by atoms with Gasteiger partial charge in [0.05, 0.1) is 12.1 Å². The highest BCUT2D eigenvalue weighted by atomic mass is 16.5. The van der Waals surface area contributed by atoms with Crippen molar-refractivity contribution in [2.75, 3.05) is 11.9 Å². The molecule has 0 bridgehead atoms. The number of amides is 1. The van der Waals surface area contributed by atoms with E-state index in [4.69, 9.17) is 4.74 Å². The van der Waals surface area contributed by atoms with Gasteiger partial charge in [0.15, 0.2) is 0 Å². The van der Waals surface area contributed by atoms with Crippen LogP contribution in [0, 0.1) is 5.41 Å². The van der Waals surface area contributed by atoms with Gasteiger partial charge in [0, 0.05) is 23.8 Å². The zero-order chi connectivity index (χ0) is 17.0. The number of rotatable bonds is 6. The van der Waals surface area contributed by atoms with Gasteiger partial charge in [0.1, 0.15) is 0 Å². The summed E-state index contributed by atoms with van der Waals surface area (Å²) in [6.07, 6.45) is 7.74. The molecule has 2 fully saturated rings. The van der Waals surface area contributed by atoms with Gasteiger partial charge in [-0.05, 0) is 45.2 Å². The lowest BCUT2D eigenvalue weighted by Crippen LogP contribution is -2.66. The first-order chi connectivity index (χ1) is 11.7. The molecule has 2 aliphatic rings. The fraction of sp³-hybridized carbons (Fsp3) is 0.650. The lowest BCUT2D eigenvalue weighted by Gasteiger charge is -2.58. The number of carbonyl (C=O) groups is 1. The van der Waals surface area contributed by atoms with Gasteiger partial charge in [-0.25, -0.2) is 0 Å². The Morgan fingerprint density at radius 2 is 1.96 bits per heavy atom. The maximum atomic E-state index is 12.5. The lowest BCUT2D eigenvalue weighted by atomic mass is 9.55. The summed E-state index contributed by atoms with van der Waals surface area (Å²) in [4.78, 5) is 12.5. The molecule has 0 radical (unpaired) electrons. The number of anilines is 1. The summed E-state index contributed by atoms with van der Waals surface area (Å²) >= 11 is 0. The van der Waals surface area contributed by atoms with E-state index in [9.17, 15) is 4.79 Å². The second-order valence-electron chi connectivity index (χ2n) is 7.27. The van der Waals surface area contributed by atoms with E-state index < -0.39 is 0 Å². The Kier molecular flexibility index (Phi) is 5.57. The van der Waals surface area contributed by atoms with Gasteiger partial charge >= 0.3 is 0 Å². The number of ether oxygens (including phenoxy) is 1. The third kappa shape index (κ3) is 3.50. The molecule has 4 nitrogen and oxygen atoms in total. The molecule has 1 amide bonds. The number of benzene rings is 1. The second-order valence-corrected chi connectivity index (χ2v) is 7.27. The van der Waals surface area contributed by atoms with Crippen LogP contribution < -0.4 is 10.6 Å². The maximum absolute atomic E-state index is 12.5. The van der Waals surface area contributed by atoms with Crippen LogP contribution in [-0.2, 0) is 9.53 Å². The molecule has 0 aliphatic heterocycles. The van der Waals surface area contributed by atoms with Crippen LogP contribution in [0.1, 0.15) is 52.4 Å². The van der Waals surface area contributed by atoms with E-state index in [1.54, 1.807) is 0 Å². The van der Waals surface area contributed by atoms with Crippen LogP contribution in [0.2, 0.25) is 0 Å². The Hall–Kier alpha value is -1.39. The van der Waals surface area contributed by atoms with E-state index in [0.717, 1.165) is 18.7 Å². The van der Waals surface area contributed by atoms with E-state index in [1.807, 2.05) is 37.3 Å². The number of hydrogen-bond donors (Lipinski definition) is 2. The molecule has 1 aromatic rings. The van der Waals surface area contributed by atoms with Gasteiger partial charge < -0.3 is 15.4 Å². The lowest BCUT2D eigenvalue weighted by molar-refractivity contribution is -0.153. The third-order valence-corrected chi connectivity index (χ3v) is 5.82. The predicted octanol–water partition coefficient (Wildman–Crippen LogP) is 3.73. The molecule has 1 aromatic carbocycles. The first-order valence-electron chi connectivity index (χ1n) is 9.39. The second kappa shape index (κ2) is 7.66. The SMILES string of the molecule is CCO[C@@H]1C[C@@H](N[C@@H](C)C(=O)Nc2ccccc2)C12CCCCC2. The number of carbonyl (C=O) groups excluding carboxylic acids is 1. The highest BCUT2D eigenvalue weighted by Gasteiger charge is 2.55. The molecule has 3 atom stereocenters. The quantitative estimate of drug-likeness (QED) is 0.835. The third-order valence-electron chi connectivity index (χ3n) is 5.82. The molecule has 2 N–H and O–H groups in total. The fourth-order valence-electron chi connectivity index (χ4n) is 4.45. The van der Waals surface area contributed by atoms with Crippen molar-refractivity contribution in [1.82, 2.24) is 5.32 Å². The molecular formula is C20H30N2O2. The largest absolute Gasteiger partial charge is 0.378 e. The number of nitrogens with one attached hydrogen (secondary N) is 2. The summed E-state index contributed by atoms with van der Waals surface area (Å²) in [7, 11) is 0. The zero-order valence-corrected chi connectivity index (χ0v) is 14.9. The van der Waals surface area contributed by atoms with Gasteiger partial charge in [-0.1, -0.05) is 37.5 Å². The van der Waals surface area contributed by atoms with Crippen molar-refractivity contribution < 1.29 is 9.53 Å². The summed E-state index contributed by atoms with van der Waals surface area (Å²) in [5.41, 5.74) is 1.10. The fourth-order valence-corrected chi connectivity index (χ4v) is 4.45. The van der Waals surface area contributed by atoms with Crippen molar-refractivity contribution in [3.63, 3.8) is 0 Å². The molecule has 2 saturated carbocycles. The Morgan fingerprint density at radius 1 is 1.25 bits per heavy atom. The topological polar surface area (TPSA) is 50.4 Å². The van der Waals surface area contributed by atoms with E-state index >= 15 is 0 Å². The van der Waals surface area contributed by atoms with Crippen molar-refractivity contribution in [2.45, 2.75) is 70.6 Å². The monoisotopic (exact) mass is 330 g/mol. The predicted molar refractivity (Wildman–Crippen MR) is 97.0 cm³/mol. The molecule has 4 heteroatoms. The summed E-state index contributed by atoms with van der Waals surface area (Å²) in [5.74, 6) is 0.0343. The molecule has 132 valence electrons. The Bertz CT molecular complexity index is 540. The minimum absolute atomic E-state index is 0.0343. The minimum Gasteiger partial charge on any atom is -0.378 e. The average Bonchev–Trinajstić information content (AvgIpc) is 2.62. The first-order valence-corrected chi connectivity index (χ1v) is 9.39. The molecule has 24 heavy (non-hydrogen) atoms. The van der Waals surface area contributed by atoms with E-state index in [1.165, 1.54) is 32.1 Å². The standard InChI is InChI=1S/C20H30N2O2/c1-3-24-18-14-17(20(18)12-8-5-9-13-20)21-15(2)19(23)22-16-10-6-4-7-11-16/h4,6-7,10-11,15,17-18,21H,3,5,8-9,12-14H2,1-2H3,(H,22,23)/t15-,17+,18+/m0/s1.